The molecule has 0 amide bonds. The van der Waals surface area contributed by atoms with Gasteiger partial charge in [0.25, 0.3) is 0 Å². The van der Waals surface area contributed by atoms with Gasteiger partial charge in [-0.25, -0.2) is 0 Å². The van der Waals surface area contributed by atoms with Crippen LogP contribution >= 0.6 is 0 Å². The van der Waals surface area contributed by atoms with E-state index in [1.54, 1.807) is 6.26 Å². The molecule has 5 heteroatoms. The predicted molar refractivity (Wildman–Crippen MR) is 116 cm³/mol. The van der Waals surface area contributed by atoms with Crippen LogP contribution in [0.1, 0.15) is 37.1 Å². The fraction of sp³-hybridized carbons (Fsp3) is 0.435. The van der Waals surface area contributed by atoms with Gasteiger partial charge in [-0.1, -0.05) is 36.4 Å². The first kappa shape index (κ1) is 20.2. The van der Waals surface area contributed by atoms with E-state index in [0.717, 1.165) is 44.1 Å². The van der Waals surface area contributed by atoms with Gasteiger partial charge in [0, 0.05) is 44.7 Å². The van der Waals surface area contributed by atoms with Crippen molar-refractivity contribution in [3.8, 4) is 0 Å². The number of guanidine groups is 1. The zero-order chi connectivity index (χ0) is 19.6. The molecular formula is C23H32N4O. The van der Waals surface area contributed by atoms with Gasteiger partial charge in [-0.15, -0.1) is 6.58 Å². The minimum absolute atomic E-state index is 0.443. The molecule has 1 atom stereocenters. The Hall–Kier alpha value is -2.53. The number of benzene rings is 1. The maximum absolute atomic E-state index is 5.39. The van der Waals surface area contributed by atoms with Crippen LogP contribution in [-0.2, 0) is 6.42 Å². The van der Waals surface area contributed by atoms with E-state index in [2.05, 4.69) is 59.4 Å². The lowest BCUT2D eigenvalue weighted by molar-refractivity contribution is 0.158. The first-order valence-electron chi connectivity index (χ1n) is 10.2. The molecule has 2 N–H and O–H groups in total. The first-order valence-corrected chi connectivity index (χ1v) is 10.2. The summed E-state index contributed by atoms with van der Waals surface area (Å²) >= 11 is 0. The summed E-state index contributed by atoms with van der Waals surface area (Å²) in [7, 11) is 0. The number of hydrogen-bond acceptors (Lipinski definition) is 3. The molecule has 150 valence electrons. The van der Waals surface area contributed by atoms with Crippen LogP contribution in [0.5, 0.6) is 0 Å². The van der Waals surface area contributed by atoms with Crippen LogP contribution in [0.2, 0.25) is 0 Å². The van der Waals surface area contributed by atoms with E-state index >= 15 is 0 Å². The first-order chi connectivity index (χ1) is 13.8. The van der Waals surface area contributed by atoms with Crippen molar-refractivity contribution in [2.75, 3.05) is 26.2 Å². The smallest absolute Gasteiger partial charge is 0.191 e. The average Bonchev–Trinajstić information content (AvgIpc) is 3.26. The van der Waals surface area contributed by atoms with Crippen LogP contribution in [0.15, 0.2) is 70.8 Å². The molecule has 1 aliphatic heterocycles. The van der Waals surface area contributed by atoms with E-state index in [-0.39, 0.29) is 0 Å². The standard InChI is InChI=1S/C23H32N4O/c1-3-14-24-23(25-15-11-22-10-7-18-28-22)26-21-12-16-27(17-13-21)19(2)20-8-5-4-6-9-20/h3-10,18-19,21H,1,11-17H2,2H3,(H2,24,25,26). The summed E-state index contributed by atoms with van der Waals surface area (Å²) in [5.41, 5.74) is 1.39. The van der Waals surface area contributed by atoms with E-state index in [0.29, 0.717) is 25.2 Å². The summed E-state index contributed by atoms with van der Waals surface area (Å²) in [5.74, 6) is 1.83. The molecule has 1 aromatic carbocycles. The van der Waals surface area contributed by atoms with Crippen LogP contribution in [0.4, 0.5) is 0 Å². The lowest BCUT2D eigenvalue weighted by Gasteiger charge is -2.37. The Balaban J connectivity index is 1.49. The number of aliphatic imine (C=N–C) groups is 1. The average molecular weight is 381 g/mol. The second-order valence-electron chi connectivity index (χ2n) is 7.27. The molecule has 0 spiro atoms. The van der Waals surface area contributed by atoms with E-state index in [9.17, 15) is 0 Å². The topological polar surface area (TPSA) is 52.8 Å². The van der Waals surface area contributed by atoms with Gasteiger partial charge in [0.2, 0.25) is 0 Å². The minimum Gasteiger partial charge on any atom is -0.469 e. The molecule has 28 heavy (non-hydrogen) atoms. The van der Waals surface area contributed by atoms with Crippen molar-refractivity contribution in [2.24, 2.45) is 4.99 Å². The Morgan fingerprint density at radius 3 is 2.71 bits per heavy atom. The molecule has 3 rings (SSSR count). The summed E-state index contributed by atoms with van der Waals surface area (Å²) < 4.78 is 5.39. The van der Waals surface area contributed by atoms with Crippen molar-refractivity contribution >= 4 is 5.96 Å². The van der Waals surface area contributed by atoms with Gasteiger partial charge in [-0.3, -0.25) is 9.89 Å². The lowest BCUT2D eigenvalue weighted by Crippen LogP contribution is -2.49. The highest BCUT2D eigenvalue weighted by Gasteiger charge is 2.23. The predicted octanol–water partition coefficient (Wildman–Crippen LogP) is 3.77. The molecule has 1 aromatic heterocycles. The van der Waals surface area contributed by atoms with Crippen molar-refractivity contribution in [3.63, 3.8) is 0 Å². The third-order valence-electron chi connectivity index (χ3n) is 5.32. The Labute approximate surface area is 168 Å². The summed E-state index contributed by atoms with van der Waals surface area (Å²) in [5, 5.41) is 6.94. The highest BCUT2D eigenvalue weighted by Crippen LogP contribution is 2.23. The molecule has 0 aliphatic carbocycles. The van der Waals surface area contributed by atoms with Crippen molar-refractivity contribution in [1.29, 1.82) is 0 Å². The minimum atomic E-state index is 0.443. The molecule has 0 radical (unpaired) electrons. The lowest BCUT2D eigenvalue weighted by atomic mass is 10.0. The number of likely N-dealkylation sites (tertiary alicyclic amines) is 1. The van der Waals surface area contributed by atoms with Crippen molar-refractivity contribution in [2.45, 2.75) is 38.3 Å². The Bertz CT molecular complexity index is 718. The third-order valence-corrected chi connectivity index (χ3v) is 5.32. The summed E-state index contributed by atoms with van der Waals surface area (Å²) in [4.78, 5) is 7.27. The molecule has 2 aromatic rings. The summed E-state index contributed by atoms with van der Waals surface area (Å²) in [6, 6.07) is 15.6. The second-order valence-corrected chi connectivity index (χ2v) is 7.27. The highest BCUT2D eigenvalue weighted by atomic mass is 16.3. The van der Waals surface area contributed by atoms with Gasteiger partial charge in [0.15, 0.2) is 5.96 Å². The molecule has 1 unspecified atom stereocenters. The molecule has 1 aliphatic rings. The Kier molecular flexibility index (Phi) is 7.73. The van der Waals surface area contributed by atoms with Crippen LogP contribution in [0.25, 0.3) is 0 Å². The molecule has 1 saturated heterocycles. The van der Waals surface area contributed by atoms with E-state index < -0.39 is 0 Å². The largest absolute Gasteiger partial charge is 0.469 e. The van der Waals surface area contributed by atoms with Gasteiger partial charge >= 0.3 is 0 Å². The molecular weight excluding hydrogens is 348 g/mol. The van der Waals surface area contributed by atoms with Gasteiger partial charge < -0.3 is 15.1 Å². The van der Waals surface area contributed by atoms with Crippen LogP contribution < -0.4 is 10.6 Å². The maximum atomic E-state index is 5.39. The number of rotatable bonds is 8. The molecule has 0 saturated carbocycles. The fourth-order valence-corrected chi connectivity index (χ4v) is 3.62. The van der Waals surface area contributed by atoms with Crippen molar-refractivity contribution in [3.05, 3.63) is 72.7 Å². The highest BCUT2D eigenvalue weighted by molar-refractivity contribution is 5.80. The summed E-state index contributed by atoms with van der Waals surface area (Å²) in [6.07, 6.45) is 6.60. The van der Waals surface area contributed by atoms with Gasteiger partial charge in [0.1, 0.15) is 5.76 Å². The monoisotopic (exact) mass is 380 g/mol. The zero-order valence-electron chi connectivity index (χ0n) is 16.8. The molecule has 2 heterocycles. The van der Waals surface area contributed by atoms with Crippen LogP contribution in [-0.4, -0.2) is 43.1 Å². The van der Waals surface area contributed by atoms with Crippen LogP contribution in [0.3, 0.4) is 0 Å². The molecule has 1 fully saturated rings. The molecule has 5 nitrogen and oxygen atoms in total. The van der Waals surface area contributed by atoms with Crippen molar-refractivity contribution < 1.29 is 4.42 Å². The third kappa shape index (κ3) is 5.99. The van der Waals surface area contributed by atoms with E-state index in [1.165, 1.54) is 5.56 Å². The zero-order valence-corrected chi connectivity index (χ0v) is 16.8. The second kappa shape index (κ2) is 10.7. The number of hydrogen-bond donors (Lipinski definition) is 2. The van der Waals surface area contributed by atoms with Gasteiger partial charge in [-0.05, 0) is 37.5 Å². The van der Waals surface area contributed by atoms with Gasteiger partial charge in [0.05, 0.1) is 6.26 Å². The Morgan fingerprint density at radius 1 is 1.25 bits per heavy atom. The maximum Gasteiger partial charge on any atom is 0.191 e. The SMILES string of the molecule is C=CCNC(=NCCc1ccco1)NC1CCN(C(C)c2ccccc2)CC1. The van der Waals surface area contributed by atoms with Crippen molar-refractivity contribution in [1.82, 2.24) is 15.5 Å². The summed E-state index contributed by atoms with van der Waals surface area (Å²) in [6.45, 7) is 9.68. The normalized spacial score (nSPS) is 17.2. The van der Waals surface area contributed by atoms with Crippen LogP contribution in [0, 0.1) is 0 Å². The quantitative estimate of drug-likeness (QED) is 0.416. The molecule has 0 bridgehead atoms. The number of nitrogens with zero attached hydrogens (tertiary/aromatic N) is 2. The van der Waals surface area contributed by atoms with E-state index in [4.69, 9.17) is 9.41 Å². The number of nitrogens with one attached hydrogen (secondary N) is 2. The number of piperidine rings is 1. The van der Waals surface area contributed by atoms with Gasteiger partial charge in [-0.2, -0.15) is 0 Å². The Morgan fingerprint density at radius 2 is 2.04 bits per heavy atom. The number of furan rings is 1. The van der Waals surface area contributed by atoms with E-state index in [1.807, 2.05) is 18.2 Å². The fourth-order valence-electron chi connectivity index (χ4n) is 3.62.